The molecule has 2 rings (SSSR count). The van der Waals surface area contributed by atoms with E-state index in [2.05, 4.69) is 28.9 Å². The molecule has 0 radical (unpaired) electrons. The first-order valence-electron chi connectivity index (χ1n) is 6.17. The molecule has 0 bridgehead atoms. The van der Waals surface area contributed by atoms with Crippen molar-refractivity contribution in [3.63, 3.8) is 0 Å². The molecule has 102 valence electrons. The van der Waals surface area contributed by atoms with Gasteiger partial charge in [0.15, 0.2) is 5.82 Å². The average molecular weight is 255 g/mol. The summed E-state index contributed by atoms with van der Waals surface area (Å²) >= 11 is 0. The van der Waals surface area contributed by atoms with Gasteiger partial charge >= 0.3 is 0 Å². The predicted molar refractivity (Wildman–Crippen MR) is 65.1 cm³/mol. The Labute approximate surface area is 107 Å². The van der Waals surface area contributed by atoms with Crippen LogP contribution in [0.5, 0.6) is 0 Å². The van der Waals surface area contributed by atoms with Gasteiger partial charge in [0.1, 0.15) is 0 Å². The van der Waals surface area contributed by atoms with Crippen molar-refractivity contribution in [2.24, 2.45) is 0 Å². The molecule has 0 aromatic carbocycles. The van der Waals surface area contributed by atoms with Crippen molar-refractivity contribution in [3.05, 3.63) is 11.7 Å². The Morgan fingerprint density at radius 1 is 1.50 bits per heavy atom. The normalized spacial score (nSPS) is 24.3. The molecule has 18 heavy (non-hydrogen) atoms. The SMILES string of the molecule is COC[C@@H]1CN(Cc2noc(C)n2)CC(C)(C)O1. The van der Waals surface area contributed by atoms with E-state index in [0.717, 1.165) is 18.9 Å². The van der Waals surface area contributed by atoms with Gasteiger partial charge in [-0.1, -0.05) is 5.16 Å². The summed E-state index contributed by atoms with van der Waals surface area (Å²) < 4.78 is 16.1. The highest BCUT2D eigenvalue weighted by atomic mass is 16.5. The van der Waals surface area contributed by atoms with E-state index in [9.17, 15) is 0 Å². The van der Waals surface area contributed by atoms with Gasteiger partial charge in [-0.3, -0.25) is 4.90 Å². The molecular formula is C12H21N3O3. The lowest BCUT2D eigenvalue weighted by Gasteiger charge is -2.42. The molecule has 1 aliphatic heterocycles. The zero-order valence-corrected chi connectivity index (χ0v) is 11.5. The zero-order chi connectivity index (χ0) is 13.2. The third-order valence-corrected chi connectivity index (χ3v) is 2.84. The van der Waals surface area contributed by atoms with Crippen molar-refractivity contribution in [2.75, 3.05) is 26.8 Å². The van der Waals surface area contributed by atoms with Gasteiger partial charge in [-0.2, -0.15) is 4.98 Å². The molecule has 1 atom stereocenters. The first kappa shape index (κ1) is 13.5. The molecule has 6 nitrogen and oxygen atoms in total. The van der Waals surface area contributed by atoms with Crippen molar-refractivity contribution >= 4 is 0 Å². The molecule has 0 unspecified atom stereocenters. The second kappa shape index (κ2) is 5.34. The maximum absolute atomic E-state index is 5.96. The molecule has 1 fully saturated rings. The van der Waals surface area contributed by atoms with Crippen LogP contribution in [0.25, 0.3) is 0 Å². The van der Waals surface area contributed by atoms with E-state index in [-0.39, 0.29) is 11.7 Å². The lowest BCUT2D eigenvalue weighted by atomic mass is 10.1. The largest absolute Gasteiger partial charge is 0.382 e. The number of ether oxygens (including phenoxy) is 2. The average Bonchev–Trinajstić information content (AvgIpc) is 2.61. The monoisotopic (exact) mass is 255 g/mol. The molecule has 0 spiro atoms. The van der Waals surface area contributed by atoms with Crippen LogP contribution in [0.3, 0.4) is 0 Å². The Kier molecular flexibility index (Phi) is 3.99. The minimum absolute atomic E-state index is 0.0896. The van der Waals surface area contributed by atoms with Crippen molar-refractivity contribution in [3.8, 4) is 0 Å². The number of aromatic nitrogens is 2. The van der Waals surface area contributed by atoms with Crippen LogP contribution in [-0.2, 0) is 16.0 Å². The second-order valence-corrected chi connectivity index (χ2v) is 5.35. The highest BCUT2D eigenvalue weighted by molar-refractivity contribution is 4.89. The van der Waals surface area contributed by atoms with E-state index in [1.54, 1.807) is 14.0 Å². The highest BCUT2D eigenvalue weighted by Gasteiger charge is 2.33. The molecule has 1 saturated heterocycles. The van der Waals surface area contributed by atoms with Crippen LogP contribution < -0.4 is 0 Å². The van der Waals surface area contributed by atoms with E-state index in [1.807, 2.05) is 0 Å². The van der Waals surface area contributed by atoms with Gasteiger partial charge in [-0.15, -0.1) is 0 Å². The van der Waals surface area contributed by atoms with Crippen molar-refractivity contribution in [2.45, 2.75) is 39.0 Å². The van der Waals surface area contributed by atoms with Gasteiger partial charge in [0.05, 0.1) is 24.9 Å². The van der Waals surface area contributed by atoms with E-state index in [1.165, 1.54) is 0 Å². The van der Waals surface area contributed by atoms with Gasteiger partial charge in [-0.05, 0) is 13.8 Å². The van der Waals surface area contributed by atoms with Crippen molar-refractivity contribution in [1.29, 1.82) is 0 Å². The molecule has 2 heterocycles. The van der Waals surface area contributed by atoms with Crippen LogP contribution in [0.1, 0.15) is 25.6 Å². The van der Waals surface area contributed by atoms with Crippen LogP contribution in [0.4, 0.5) is 0 Å². The predicted octanol–water partition coefficient (Wildman–Crippen LogP) is 1.00. The zero-order valence-electron chi connectivity index (χ0n) is 11.5. The van der Waals surface area contributed by atoms with Gasteiger partial charge in [0.25, 0.3) is 0 Å². The fraction of sp³-hybridized carbons (Fsp3) is 0.833. The summed E-state index contributed by atoms with van der Waals surface area (Å²) in [6, 6.07) is 0. The first-order chi connectivity index (χ1) is 8.48. The van der Waals surface area contributed by atoms with Crippen molar-refractivity contribution < 1.29 is 14.0 Å². The molecule has 1 aromatic rings. The van der Waals surface area contributed by atoms with Crippen LogP contribution in [0.2, 0.25) is 0 Å². The summed E-state index contributed by atoms with van der Waals surface area (Å²) in [6.07, 6.45) is 0.0896. The van der Waals surface area contributed by atoms with Crippen LogP contribution in [-0.4, -0.2) is 53.6 Å². The third kappa shape index (κ3) is 3.51. The maximum Gasteiger partial charge on any atom is 0.223 e. The standard InChI is InChI=1S/C12H21N3O3/c1-9-13-11(14-18-9)6-15-5-10(7-16-4)17-12(2,3)8-15/h10H,5-8H2,1-4H3/t10-/m0/s1. The summed E-state index contributed by atoms with van der Waals surface area (Å²) in [7, 11) is 1.69. The number of aryl methyl sites for hydroxylation is 1. The smallest absolute Gasteiger partial charge is 0.223 e. The highest BCUT2D eigenvalue weighted by Crippen LogP contribution is 2.22. The summed E-state index contributed by atoms with van der Waals surface area (Å²) in [5.74, 6) is 1.33. The lowest BCUT2D eigenvalue weighted by molar-refractivity contribution is -0.154. The summed E-state index contributed by atoms with van der Waals surface area (Å²) in [6.45, 7) is 8.93. The molecule has 1 aliphatic rings. The van der Waals surface area contributed by atoms with Crippen molar-refractivity contribution in [1.82, 2.24) is 15.0 Å². The van der Waals surface area contributed by atoms with Gasteiger partial charge < -0.3 is 14.0 Å². The summed E-state index contributed by atoms with van der Waals surface area (Å²) in [5.41, 5.74) is -0.180. The number of nitrogens with zero attached hydrogens (tertiary/aromatic N) is 3. The fourth-order valence-corrected chi connectivity index (χ4v) is 2.42. The Hall–Kier alpha value is -0.980. The molecule has 6 heteroatoms. The molecule has 0 amide bonds. The number of morpholine rings is 1. The molecular weight excluding hydrogens is 234 g/mol. The van der Waals surface area contributed by atoms with Gasteiger partial charge in [-0.25, -0.2) is 0 Å². The molecule has 0 aliphatic carbocycles. The Balaban J connectivity index is 1.98. The van der Waals surface area contributed by atoms with Crippen LogP contribution in [0, 0.1) is 6.92 Å². The molecule has 0 N–H and O–H groups in total. The van der Waals surface area contributed by atoms with E-state index < -0.39 is 0 Å². The fourth-order valence-electron chi connectivity index (χ4n) is 2.42. The van der Waals surface area contributed by atoms with Gasteiger partial charge in [0.2, 0.25) is 5.89 Å². The number of hydrogen-bond acceptors (Lipinski definition) is 6. The third-order valence-electron chi connectivity index (χ3n) is 2.84. The minimum Gasteiger partial charge on any atom is -0.382 e. The van der Waals surface area contributed by atoms with Gasteiger partial charge in [0, 0.05) is 27.1 Å². The van der Waals surface area contributed by atoms with E-state index in [4.69, 9.17) is 14.0 Å². The van der Waals surface area contributed by atoms with Crippen LogP contribution >= 0.6 is 0 Å². The topological polar surface area (TPSA) is 60.6 Å². The first-order valence-corrected chi connectivity index (χ1v) is 6.17. The molecule has 1 aromatic heterocycles. The Bertz CT molecular complexity index is 392. The van der Waals surface area contributed by atoms with E-state index >= 15 is 0 Å². The Morgan fingerprint density at radius 2 is 2.28 bits per heavy atom. The lowest BCUT2D eigenvalue weighted by Crippen LogP contribution is -2.53. The quantitative estimate of drug-likeness (QED) is 0.800. The Morgan fingerprint density at radius 3 is 2.89 bits per heavy atom. The maximum atomic E-state index is 5.96. The minimum atomic E-state index is -0.180. The number of methoxy groups -OCH3 is 1. The number of rotatable bonds is 4. The summed E-state index contributed by atoms with van der Waals surface area (Å²) in [5, 5.41) is 3.93. The summed E-state index contributed by atoms with van der Waals surface area (Å²) in [4.78, 5) is 6.51. The molecule has 0 saturated carbocycles. The van der Waals surface area contributed by atoms with Crippen LogP contribution in [0.15, 0.2) is 4.52 Å². The second-order valence-electron chi connectivity index (χ2n) is 5.35. The van der Waals surface area contributed by atoms with E-state index in [0.29, 0.717) is 19.0 Å². The number of hydrogen-bond donors (Lipinski definition) is 0.